The van der Waals surface area contributed by atoms with E-state index in [9.17, 15) is 14.4 Å². The van der Waals surface area contributed by atoms with E-state index in [4.69, 9.17) is 14.2 Å². The Morgan fingerprint density at radius 1 is 0.256 bits per heavy atom. The molecule has 0 amide bonds. The predicted octanol–water partition coefficient (Wildman–Crippen LogP) is 24.2. The Morgan fingerprint density at radius 2 is 0.476 bits per heavy atom. The number of hydrogen-bond acceptors (Lipinski definition) is 6. The SMILES string of the molecule is CC/C=C\C/C=C\C/C=C\C/C=C\C/C=C\CCCCCCCCCCCCCCCCCCCCCC(=O)OCC(COC(=O)CCCCCCC/C=C\CCCCC)OC(=O)CCCCCCCCC/C=C\C/C=C\C/C=C\CC. The largest absolute Gasteiger partial charge is 0.462 e. The van der Waals surface area contributed by atoms with Crippen LogP contribution in [-0.2, 0) is 28.6 Å². The van der Waals surface area contributed by atoms with Crippen LogP contribution < -0.4 is 0 Å². The van der Waals surface area contributed by atoms with E-state index in [1.54, 1.807) is 0 Å². The van der Waals surface area contributed by atoms with Gasteiger partial charge in [0, 0.05) is 19.3 Å². The summed E-state index contributed by atoms with van der Waals surface area (Å²) in [6.45, 7) is 6.41. The summed E-state index contributed by atoms with van der Waals surface area (Å²) in [6.07, 6.45) is 95.6. The molecule has 0 N–H and O–H groups in total. The molecule has 0 bridgehead atoms. The summed E-state index contributed by atoms with van der Waals surface area (Å²) >= 11 is 0. The summed E-state index contributed by atoms with van der Waals surface area (Å²) in [5, 5.41) is 0. The van der Waals surface area contributed by atoms with Crippen molar-refractivity contribution in [3.63, 3.8) is 0 Å². The predicted molar refractivity (Wildman–Crippen MR) is 357 cm³/mol. The third-order valence-corrected chi connectivity index (χ3v) is 15.0. The fourth-order valence-corrected chi connectivity index (χ4v) is 9.83. The van der Waals surface area contributed by atoms with Gasteiger partial charge in [-0.3, -0.25) is 14.4 Å². The molecule has 0 heterocycles. The lowest BCUT2D eigenvalue weighted by molar-refractivity contribution is -0.167. The third kappa shape index (κ3) is 66.9. The van der Waals surface area contributed by atoms with E-state index in [1.807, 2.05) is 0 Å². The standard InChI is InChI=1S/C76H130O6/c1-4-7-10-13-16-19-22-25-27-29-30-31-32-33-34-35-36-37-38-39-40-41-42-43-44-45-46-48-49-51-54-57-60-63-66-69-75(78)81-72-73(71-80-74(77)68-65-62-59-56-53-24-21-18-15-12-9-6-3)82-76(79)70-67-64-61-58-55-52-50-47-28-26-23-20-17-14-11-8-5-2/h7-8,10-11,16-21,25-28,30-31,33-34,73H,4-6,9,12-15,22-24,29,32,35-72H2,1-3H3/b10-7-,11-8-,19-16-,20-17-,21-18-,27-25-,28-26-,31-30-,34-33-. The highest BCUT2D eigenvalue weighted by atomic mass is 16.6. The Hall–Kier alpha value is -3.93. The molecule has 82 heavy (non-hydrogen) atoms. The Morgan fingerprint density at radius 3 is 0.756 bits per heavy atom. The Kier molecular flexibility index (Phi) is 66.2. The molecule has 0 saturated heterocycles. The smallest absolute Gasteiger partial charge is 0.306 e. The van der Waals surface area contributed by atoms with Crippen molar-refractivity contribution in [3.8, 4) is 0 Å². The van der Waals surface area contributed by atoms with Crippen LogP contribution in [0.4, 0.5) is 0 Å². The number of esters is 3. The molecule has 0 aliphatic carbocycles. The fourth-order valence-electron chi connectivity index (χ4n) is 9.83. The molecule has 6 heteroatoms. The lowest BCUT2D eigenvalue weighted by atomic mass is 10.0. The topological polar surface area (TPSA) is 78.9 Å². The Bertz CT molecular complexity index is 1640. The fraction of sp³-hybridized carbons (Fsp3) is 0.724. The average Bonchev–Trinajstić information content (AvgIpc) is 3.47. The molecule has 0 saturated carbocycles. The first-order valence-corrected chi connectivity index (χ1v) is 34.9. The van der Waals surface area contributed by atoms with Gasteiger partial charge in [-0.2, -0.15) is 0 Å². The minimum atomic E-state index is -0.786. The number of carbonyl (C=O) groups excluding carboxylic acids is 3. The van der Waals surface area contributed by atoms with E-state index in [2.05, 4.69) is 130 Å². The zero-order valence-corrected chi connectivity index (χ0v) is 54.0. The summed E-state index contributed by atoms with van der Waals surface area (Å²) in [7, 11) is 0. The number of ether oxygens (including phenoxy) is 3. The van der Waals surface area contributed by atoms with Crippen molar-refractivity contribution in [3.05, 3.63) is 109 Å². The van der Waals surface area contributed by atoms with Gasteiger partial charge in [0.25, 0.3) is 0 Å². The second-order valence-electron chi connectivity index (χ2n) is 23.0. The Labute approximate surface area is 508 Å². The van der Waals surface area contributed by atoms with Crippen molar-refractivity contribution in [2.45, 2.75) is 341 Å². The van der Waals surface area contributed by atoms with E-state index in [1.165, 1.54) is 173 Å². The lowest BCUT2D eigenvalue weighted by Gasteiger charge is -2.18. The van der Waals surface area contributed by atoms with Crippen molar-refractivity contribution in [1.29, 1.82) is 0 Å². The highest BCUT2D eigenvalue weighted by Crippen LogP contribution is 2.17. The molecule has 0 aliphatic rings. The van der Waals surface area contributed by atoms with Crippen LogP contribution in [0.2, 0.25) is 0 Å². The molecule has 0 aromatic heterocycles. The number of carbonyl (C=O) groups is 3. The van der Waals surface area contributed by atoms with Gasteiger partial charge in [-0.05, 0) is 122 Å². The van der Waals surface area contributed by atoms with Crippen molar-refractivity contribution in [2.75, 3.05) is 13.2 Å². The molecular weight excluding hydrogens is 1010 g/mol. The first kappa shape index (κ1) is 78.1. The van der Waals surface area contributed by atoms with Gasteiger partial charge in [-0.25, -0.2) is 0 Å². The maximum absolute atomic E-state index is 12.9. The highest BCUT2D eigenvalue weighted by Gasteiger charge is 2.19. The van der Waals surface area contributed by atoms with Gasteiger partial charge in [0.1, 0.15) is 13.2 Å². The molecular formula is C76H130O6. The zero-order valence-electron chi connectivity index (χ0n) is 54.0. The van der Waals surface area contributed by atoms with Gasteiger partial charge in [0.05, 0.1) is 0 Å². The summed E-state index contributed by atoms with van der Waals surface area (Å²) in [4.78, 5) is 38.3. The van der Waals surface area contributed by atoms with Crippen molar-refractivity contribution < 1.29 is 28.6 Å². The molecule has 0 aromatic carbocycles. The third-order valence-electron chi connectivity index (χ3n) is 15.0. The van der Waals surface area contributed by atoms with Gasteiger partial charge < -0.3 is 14.2 Å². The quantitative estimate of drug-likeness (QED) is 0.0261. The summed E-state index contributed by atoms with van der Waals surface area (Å²) in [5.41, 5.74) is 0. The van der Waals surface area contributed by atoms with E-state index in [-0.39, 0.29) is 31.1 Å². The second kappa shape index (κ2) is 69.6. The van der Waals surface area contributed by atoms with Crippen LogP contribution in [0.5, 0.6) is 0 Å². The van der Waals surface area contributed by atoms with Crippen LogP contribution in [0.3, 0.4) is 0 Å². The van der Waals surface area contributed by atoms with Crippen molar-refractivity contribution >= 4 is 17.9 Å². The van der Waals surface area contributed by atoms with E-state index in [0.717, 1.165) is 122 Å². The molecule has 470 valence electrons. The van der Waals surface area contributed by atoms with E-state index >= 15 is 0 Å². The van der Waals surface area contributed by atoms with E-state index < -0.39 is 6.10 Å². The van der Waals surface area contributed by atoms with Crippen molar-refractivity contribution in [1.82, 2.24) is 0 Å². The van der Waals surface area contributed by atoms with Crippen LogP contribution in [0.25, 0.3) is 0 Å². The number of unbranched alkanes of at least 4 members (excludes halogenated alkanes) is 34. The van der Waals surface area contributed by atoms with Crippen LogP contribution >= 0.6 is 0 Å². The molecule has 0 aliphatic heterocycles. The van der Waals surface area contributed by atoms with Crippen LogP contribution in [0, 0.1) is 0 Å². The minimum Gasteiger partial charge on any atom is -0.462 e. The number of allylic oxidation sites excluding steroid dienone is 18. The maximum atomic E-state index is 12.9. The van der Waals surface area contributed by atoms with Gasteiger partial charge in [-0.1, -0.05) is 304 Å². The molecule has 0 spiro atoms. The van der Waals surface area contributed by atoms with E-state index in [0.29, 0.717) is 19.3 Å². The molecule has 0 fully saturated rings. The molecule has 1 atom stereocenters. The summed E-state index contributed by atoms with van der Waals surface area (Å²) in [6, 6.07) is 0. The lowest BCUT2D eigenvalue weighted by Crippen LogP contribution is -2.30. The molecule has 0 aromatic rings. The Balaban J connectivity index is 4.13. The summed E-state index contributed by atoms with van der Waals surface area (Å²) in [5.74, 6) is -0.888. The van der Waals surface area contributed by atoms with Gasteiger partial charge in [0.15, 0.2) is 6.10 Å². The molecule has 6 nitrogen and oxygen atoms in total. The average molecular weight is 1140 g/mol. The first-order valence-electron chi connectivity index (χ1n) is 34.9. The van der Waals surface area contributed by atoms with Crippen LogP contribution in [0.15, 0.2) is 109 Å². The molecule has 0 rings (SSSR count). The highest BCUT2D eigenvalue weighted by molar-refractivity contribution is 5.71. The number of rotatable bonds is 63. The maximum Gasteiger partial charge on any atom is 0.306 e. The van der Waals surface area contributed by atoms with Gasteiger partial charge in [-0.15, -0.1) is 0 Å². The second-order valence-corrected chi connectivity index (χ2v) is 23.0. The van der Waals surface area contributed by atoms with Gasteiger partial charge in [0.2, 0.25) is 0 Å². The summed E-state index contributed by atoms with van der Waals surface area (Å²) < 4.78 is 16.9. The minimum absolute atomic E-state index is 0.0816. The molecule has 0 radical (unpaired) electrons. The first-order chi connectivity index (χ1) is 40.5. The monoisotopic (exact) mass is 1140 g/mol. The normalized spacial score (nSPS) is 12.8. The zero-order chi connectivity index (χ0) is 59.2. The van der Waals surface area contributed by atoms with Crippen molar-refractivity contribution in [2.24, 2.45) is 0 Å². The molecule has 1 unspecified atom stereocenters. The van der Waals surface area contributed by atoms with Gasteiger partial charge >= 0.3 is 17.9 Å². The van der Waals surface area contributed by atoms with Crippen LogP contribution in [-0.4, -0.2) is 37.2 Å². The van der Waals surface area contributed by atoms with Crippen LogP contribution in [0.1, 0.15) is 335 Å². The number of hydrogen-bond donors (Lipinski definition) is 0.